The molecule has 2 aromatic heterocycles. The molecule has 0 fully saturated rings. The molecule has 0 aliphatic carbocycles. The van der Waals surface area contributed by atoms with E-state index in [-0.39, 0.29) is 5.82 Å². The number of benzene rings is 2. The fourth-order valence-electron chi connectivity index (χ4n) is 2.45. The highest BCUT2D eigenvalue weighted by molar-refractivity contribution is 5.99. The molecule has 0 bridgehead atoms. The molecule has 2 aromatic carbocycles. The fraction of sp³-hybridized carbons (Fsp3) is 0.0625. The second-order valence-corrected chi connectivity index (χ2v) is 4.97. The molecule has 5 nitrogen and oxygen atoms in total. The van der Waals surface area contributed by atoms with Crippen LogP contribution in [0.15, 0.2) is 54.9 Å². The summed E-state index contributed by atoms with van der Waals surface area (Å²) >= 11 is 0. The van der Waals surface area contributed by atoms with Gasteiger partial charge in [-0.05, 0) is 17.7 Å². The summed E-state index contributed by atoms with van der Waals surface area (Å²) in [5.41, 5.74) is 1.71. The number of nitrogens with zero attached hydrogens (tertiary/aromatic N) is 4. The van der Waals surface area contributed by atoms with Crippen molar-refractivity contribution in [2.75, 3.05) is 5.32 Å². The van der Waals surface area contributed by atoms with Gasteiger partial charge in [0.15, 0.2) is 11.5 Å². The van der Waals surface area contributed by atoms with Gasteiger partial charge in [0.05, 0.1) is 0 Å². The van der Waals surface area contributed by atoms with Crippen molar-refractivity contribution in [3.63, 3.8) is 0 Å². The number of halogens is 1. The molecule has 22 heavy (non-hydrogen) atoms. The third-order valence-corrected chi connectivity index (χ3v) is 3.53. The fourth-order valence-corrected chi connectivity index (χ4v) is 2.45. The summed E-state index contributed by atoms with van der Waals surface area (Å²) in [6.45, 7) is 0.560. The van der Waals surface area contributed by atoms with Gasteiger partial charge in [0.25, 0.3) is 0 Å². The van der Waals surface area contributed by atoms with Gasteiger partial charge in [-0.3, -0.25) is 0 Å². The lowest BCUT2D eigenvalue weighted by atomic mass is 10.1. The number of aromatic nitrogens is 4. The Bertz CT molecular complexity index is 946. The highest BCUT2D eigenvalue weighted by Gasteiger charge is 2.09. The Morgan fingerprint density at radius 3 is 2.59 bits per heavy atom. The summed E-state index contributed by atoms with van der Waals surface area (Å²) < 4.78 is 14.6. The van der Waals surface area contributed by atoms with E-state index in [9.17, 15) is 4.39 Å². The van der Waals surface area contributed by atoms with E-state index in [1.165, 1.54) is 12.1 Å². The number of nitrogens with one attached hydrogen (secondary N) is 1. The van der Waals surface area contributed by atoms with E-state index in [0.29, 0.717) is 6.54 Å². The van der Waals surface area contributed by atoms with Crippen LogP contribution in [-0.4, -0.2) is 19.8 Å². The lowest BCUT2D eigenvalue weighted by molar-refractivity contribution is 0.627. The van der Waals surface area contributed by atoms with Crippen molar-refractivity contribution in [1.82, 2.24) is 19.8 Å². The van der Waals surface area contributed by atoms with Gasteiger partial charge in [-0.2, -0.15) is 4.52 Å². The Hall–Kier alpha value is -3.02. The lowest BCUT2D eigenvalue weighted by Gasteiger charge is -2.09. The summed E-state index contributed by atoms with van der Waals surface area (Å²) in [6, 6.07) is 14.3. The second kappa shape index (κ2) is 5.07. The Kier molecular flexibility index (Phi) is 2.93. The quantitative estimate of drug-likeness (QED) is 0.631. The highest BCUT2D eigenvalue weighted by atomic mass is 19.1. The first-order valence-corrected chi connectivity index (χ1v) is 6.88. The summed E-state index contributed by atoms with van der Waals surface area (Å²) in [6.07, 6.45) is 1.57. The van der Waals surface area contributed by atoms with Crippen LogP contribution in [0.5, 0.6) is 0 Å². The molecular weight excluding hydrogens is 281 g/mol. The molecule has 4 aromatic rings. The molecule has 108 valence electrons. The Morgan fingerprint density at radius 1 is 1.00 bits per heavy atom. The minimum atomic E-state index is -0.238. The van der Waals surface area contributed by atoms with Gasteiger partial charge in [0.2, 0.25) is 0 Å². The van der Waals surface area contributed by atoms with Crippen molar-refractivity contribution in [3.05, 3.63) is 66.2 Å². The molecule has 0 radical (unpaired) electrons. The van der Waals surface area contributed by atoms with Crippen molar-refractivity contribution in [2.45, 2.75) is 6.54 Å². The van der Waals surface area contributed by atoms with E-state index in [1.54, 1.807) is 23.0 Å². The van der Waals surface area contributed by atoms with Crippen molar-refractivity contribution >= 4 is 22.2 Å². The van der Waals surface area contributed by atoms with Crippen LogP contribution >= 0.6 is 0 Å². The maximum atomic E-state index is 12.9. The van der Waals surface area contributed by atoms with Crippen molar-refractivity contribution in [1.29, 1.82) is 0 Å². The summed E-state index contributed by atoms with van der Waals surface area (Å²) in [5.74, 6) is 0.505. The van der Waals surface area contributed by atoms with Crippen molar-refractivity contribution < 1.29 is 4.39 Å². The second-order valence-electron chi connectivity index (χ2n) is 4.97. The molecule has 0 unspecified atom stereocenters. The van der Waals surface area contributed by atoms with Crippen LogP contribution in [0, 0.1) is 5.82 Å². The first kappa shape index (κ1) is 12.7. The van der Waals surface area contributed by atoms with Gasteiger partial charge < -0.3 is 5.32 Å². The van der Waals surface area contributed by atoms with E-state index < -0.39 is 0 Å². The zero-order valence-electron chi connectivity index (χ0n) is 11.6. The Morgan fingerprint density at radius 2 is 1.77 bits per heavy atom. The largest absolute Gasteiger partial charge is 0.364 e. The maximum absolute atomic E-state index is 12.9. The zero-order valence-corrected chi connectivity index (χ0v) is 11.6. The van der Waals surface area contributed by atoms with E-state index in [1.807, 2.05) is 24.3 Å². The van der Waals surface area contributed by atoms with Crippen LogP contribution in [0.4, 0.5) is 10.2 Å². The van der Waals surface area contributed by atoms with E-state index in [4.69, 9.17) is 0 Å². The molecule has 6 heteroatoms. The van der Waals surface area contributed by atoms with E-state index in [2.05, 4.69) is 20.6 Å². The molecule has 0 saturated heterocycles. The van der Waals surface area contributed by atoms with Gasteiger partial charge in [-0.15, -0.1) is 15.3 Å². The van der Waals surface area contributed by atoms with Gasteiger partial charge in [0.1, 0.15) is 12.1 Å². The molecule has 2 heterocycles. The van der Waals surface area contributed by atoms with Crippen LogP contribution < -0.4 is 5.32 Å². The first-order valence-electron chi connectivity index (χ1n) is 6.88. The Labute approximate surface area is 125 Å². The molecule has 1 N–H and O–H groups in total. The molecule has 0 aliphatic rings. The molecule has 0 aliphatic heterocycles. The lowest BCUT2D eigenvalue weighted by Crippen LogP contribution is -2.05. The van der Waals surface area contributed by atoms with Gasteiger partial charge in [-0.25, -0.2) is 4.39 Å². The zero-order chi connectivity index (χ0) is 14.9. The van der Waals surface area contributed by atoms with E-state index in [0.717, 1.165) is 27.8 Å². The molecule has 0 saturated carbocycles. The van der Waals surface area contributed by atoms with Crippen LogP contribution in [0.25, 0.3) is 16.4 Å². The van der Waals surface area contributed by atoms with Crippen LogP contribution in [0.2, 0.25) is 0 Å². The molecule has 0 atom stereocenters. The van der Waals surface area contributed by atoms with E-state index >= 15 is 0 Å². The third-order valence-electron chi connectivity index (χ3n) is 3.53. The summed E-state index contributed by atoms with van der Waals surface area (Å²) in [4.78, 5) is 0. The predicted molar refractivity (Wildman–Crippen MR) is 82.0 cm³/mol. The number of hydrogen-bond acceptors (Lipinski definition) is 4. The van der Waals surface area contributed by atoms with Gasteiger partial charge in [-0.1, -0.05) is 36.4 Å². The topological polar surface area (TPSA) is 55.1 Å². The summed E-state index contributed by atoms with van der Waals surface area (Å²) in [7, 11) is 0. The van der Waals surface area contributed by atoms with Crippen molar-refractivity contribution in [3.8, 4) is 0 Å². The number of fused-ring (bicyclic) bond motifs is 3. The monoisotopic (exact) mass is 293 g/mol. The average Bonchev–Trinajstić information content (AvgIpc) is 3.03. The van der Waals surface area contributed by atoms with Crippen LogP contribution in [0.1, 0.15) is 5.56 Å². The molecule has 0 amide bonds. The number of rotatable bonds is 3. The highest BCUT2D eigenvalue weighted by Crippen LogP contribution is 2.24. The normalized spacial score (nSPS) is 11.1. The standard InChI is InChI=1S/C16H12FN5/c17-12-7-5-11(6-8-12)9-18-15-13-3-1-2-4-14(13)16-20-19-10-22(16)21-15/h1-8,10H,9H2,(H,18,21). The van der Waals surface area contributed by atoms with Crippen LogP contribution in [-0.2, 0) is 6.54 Å². The summed E-state index contributed by atoms with van der Waals surface area (Å²) in [5, 5.41) is 17.8. The van der Waals surface area contributed by atoms with Gasteiger partial charge >= 0.3 is 0 Å². The van der Waals surface area contributed by atoms with Crippen molar-refractivity contribution in [2.24, 2.45) is 0 Å². The third kappa shape index (κ3) is 2.14. The Balaban J connectivity index is 1.74. The smallest absolute Gasteiger partial charge is 0.185 e. The molecular formula is C16H12FN5. The average molecular weight is 293 g/mol. The van der Waals surface area contributed by atoms with Gasteiger partial charge in [0, 0.05) is 17.3 Å². The minimum Gasteiger partial charge on any atom is -0.364 e. The SMILES string of the molecule is Fc1ccc(CNc2nn3cnnc3c3ccccc23)cc1. The number of hydrogen-bond donors (Lipinski definition) is 1. The maximum Gasteiger partial charge on any atom is 0.185 e. The molecule has 0 spiro atoms. The predicted octanol–water partition coefficient (Wildman–Crippen LogP) is 3.03. The number of anilines is 1. The first-order chi connectivity index (χ1) is 10.8. The van der Waals surface area contributed by atoms with Crippen LogP contribution in [0.3, 0.4) is 0 Å². The molecule has 4 rings (SSSR count). The minimum absolute atomic E-state index is 0.238.